The second-order valence-electron chi connectivity index (χ2n) is 7.53. The number of anilines is 2. The van der Waals surface area contributed by atoms with Crippen molar-refractivity contribution < 1.29 is 14.3 Å². The Labute approximate surface area is 178 Å². The summed E-state index contributed by atoms with van der Waals surface area (Å²) < 4.78 is 5.05. The summed E-state index contributed by atoms with van der Waals surface area (Å²) in [6.45, 7) is 5.12. The highest BCUT2D eigenvalue weighted by Gasteiger charge is 2.20. The second kappa shape index (κ2) is 10.8. The Morgan fingerprint density at radius 1 is 1.03 bits per heavy atom. The summed E-state index contributed by atoms with van der Waals surface area (Å²) in [4.78, 5) is 27.8. The van der Waals surface area contributed by atoms with Crippen LogP contribution in [0.2, 0.25) is 0 Å². The van der Waals surface area contributed by atoms with E-state index in [2.05, 4.69) is 22.5 Å². The molecule has 1 aliphatic heterocycles. The van der Waals surface area contributed by atoms with Gasteiger partial charge < -0.3 is 20.3 Å². The van der Waals surface area contributed by atoms with Gasteiger partial charge in [0.1, 0.15) is 0 Å². The Morgan fingerprint density at radius 3 is 2.43 bits per heavy atom. The average molecular weight is 410 g/mol. The van der Waals surface area contributed by atoms with Crippen molar-refractivity contribution in [2.45, 2.75) is 32.6 Å². The zero-order chi connectivity index (χ0) is 21.3. The summed E-state index contributed by atoms with van der Waals surface area (Å²) in [5, 5.41) is 5.89. The normalized spacial score (nSPS) is 13.3. The number of nitrogens with one attached hydrogen (secondary N) is 2. The highest BCUT2D eigenvalue weighted by atomic mass is 16.5. The number of rotatable bonds is 9. The van der Waals surface area contributed by atoms with E-state index in [0.29, 0.717) is 30.0 Å². The van der Waals surface area contributed by atoms with Crippen molar-refractivity contribution in [3.63, 3.8) is 0 Å². The molecule has 0 bridgehead atoms. The molecule has 0 atom stereocenters. The third-order valence-electron chi connectivity index (χ3n) is 5.38. The van der Waals surface area contributed by atoms with Crippen molar-refractivity contribution in [2.75, 3.05) is 43.6 Å². The molecular formula is C24H31N3O3. The molecule has 2 amide bonds. The molecule has 0 aliphatic carbocycles. The molecule has 1 heterocycles. The van der Waals surface area contributed by atoms with E-state index in [1.54, 1.807) is 13.2 Å². The average Bonchev–Trinajstić information content (AvgIpc) is 3.31. The van der Waals surface area contributed by atoms with Gasteiger partial charge >= 0.3 is 0 Å². The van der Waals surface area contributed by atoms with Crippen LogP contribution in [0.4, 0.5) is 11.4 Å². The standard InChI is InChI=1S/C24H31N3O3/c1-3-18-7-9-19(10-8-18)23(28)26-20-11-12-22(27-14-4-5-15-27)21(17-20)24(29)25-13-6-16-30-2/h7-12,17H,3-6,13-16H2,1-2H3,(H,25,29)(H,26,28). The van der Waals surface area contributed by atoms with Crippen molar-refractivity contribution in [3.05, 3.63) is 59.2 Å². The molecule has 0 spiro atoms. The Balaban J connectivity index is 1.77. The van der Waals surface area contributed by atoms with Gasteiger partial charge in [-0.25, -0.2) is 0 Å². The molecule has 1 saturated heterocycles. The molecule has 6 nitrogen and oxygen atoms in total. The summed E-state index contributed by atoms with van der Waals surface area (Å²) in [5.41, 5.74) is 3.91. The van der Waals surface area contributed by atoms with Crippen LogP contribution < -0.4 is 15.5 Å². The maximum atomic E-state index is 12.9. The molecule has 0 unspecified atom stereocenters. The molecule has 0 saturated carbocycles. The van der Waals surface area contributed by atoms with Crippen LogP contribution in [-0.4, -0.2) is 45.2 Å². The highest BCUT2D eigenvalue weighted by Crippen LogP contribution is 2.28. The largest absolute Gasteiger partial charge is 0.385 e. The van der Waals surface area contributed by atoms with Crippen molar-refractivity contribution in [3.8, 4) is 0 Å². The van der Waals surface area contributed by atoms with Gasteiger partial charge in [-0.2, -0.15) is 0 Å². The molecule has 30 heavy (non-hydrogen) atoms. The minimum Gasteiger partial charge on any atom is -0.385 e. The fraction of sp³-hybridized carbons (Fsp3) is 0.417. The van der Waals surface area contributed by atoms with Crippen LogP contribution in [0.15, 0.2) is 42.5 Å². The quantitative estimate of drug-likeness (QED) is 0.617. The fourth-order valence-corrected chi connectivity index (χ4v) is 3.64. The lowest BCUT2D eigenvalue weighted by atomic mass is 10.1. The smallest absolute Gasteiger partial charge is 0.255 e. The summed E-state index contributed by atoms with van der Waals surface area (Å²) in [6.07, 6.45) is 3.94. The predicted octanol–water partition coefficient (Wildman–Crippen LogP) is 3.87. The van der Waals surface area contributed by atoms with Gasteiger partial charge in [-0.3, -0.25) is 9.59 Å². The number of methoxy groups -OCH3 is 1. The minimum atomic E-state index is -0.182. The van der Waals surface area contributed by atoms with Gasteiger partial charge in [0.15, 0.2) is 0 Å². The van der Waals surface area contributed by atoms with Gasteiger partial charge in [-0.05, 0) is 61.6 Å². The molecule has 2 aromatic rings. The molecule has 0 radical (unpaired) electrons. The molecular weight excluding hydrogens is 378 g/mol. The van der Waals surface area contributed by atoms with Gasteiger partial charge in [0.2, 0.25) is 0 Å². The Kier molecular flexibility index (Phi) is 7.85. The first kappa shape index (κ1) is 21.8. The molecule has 1 fully saturated rings. The number of hydrogen-bond donors (Lipinski definition) is 2. The highest BCUT2D eigenvalue weighted by molar-refractivity contribution is 6.06. The fourth-order valence-electron chi connectivity index (χ4n) is 3.64. The predicted molar refractivity (Wildman–Crippen MR) is 120 cm³/mol. The molecule has 2 N–H and O–H groups in total. The SMILES string of the molecule is CCc1ccc(C(=O)Nc2ccc(N3CCCC3)c(C(=O)NCCCOC)c2)cc1. The molecule has 1 aliphatic rings. The second-order valence-corrected chi connectivity index (χ2v) is 7.53. The Hall–Kier alpha value is -2.86. The molecule has 6 heteroatoms. The van der Waals surface area contributed by atoms with Crippen LogP contribution in [0, 0.1) is 0 Å². The zero-order valence-electron chi connectivity index (χ0n) is 17.9. The van der Waals surface area contributed by atoms with Crippen LogP contribution in [0.25, 0.3) is 0 Å². The van der Waals surface area contributed by atoms with Crippen molar-refractivity contribution in [1.82, 2.24) is 5.32 Å². The van der Waals surface area contributed by atoms with Crippen molar-refractivity contribution >= 4 is 23.2 Å². The van der Waals surface area contributed by atoms with E-state index >= 15 is 0 Å². The Morgan fingerprint density at radius 2 is 1.77 bits per heavy atom. The number of carbonyl (C=O) groups is 2. The topological polar surface area (TPSA) is 70.7 Å². The zero-order valence-corrected chi connectivity index (χ0v) is 17.9. The number of carbonyl (C=O) groups excluding carboxylic acids is 2. The summed E-state index contributed by atoms with van der Waals surface area (Å²) in [6, 6.07) is 13.2. The minimum absolute atomic E-state index is 0.128. The maximum absolute atomic E-state index is 12.9. The first-order chi connectivity index (χ1) is 14.6. The van der Waals surface area contributed by atoms with E-state index in [1.807, 2.05) is 36.4 Å². The summed E-state index contributed by atoms with van der Waals surface area (Å²) in [7, 11) is 1.65. The van der Waals surface area contributed by atoms with E-state index in [4.69, 9.17) is 4.74 Å². The van der Waals surface area contributed by atoms with E-state index in [9.17, 15) is 9.59 Å². The number of hydrogen-bond acceptors (Lipinski definition) is 4. The van der Waals surface area contributed by atoms with Crippen LogP contribution in [0.1, 0.15) is 52.5 Å². The van der Waals surface area contributed by atoms with E-state index in [1.165, 1.54) is 5.56 Å². The van der Waals surface area contributed by atoms with Gasteiger partial charge in [-0.15, -0.1) is 0 Å². The van der Waals surface area contributed by atoms with Crippen LogP contribution >= 0.6 is 0 Å². The molecule has 0 aromatic heterocycles. The van der Waals surface area contributed by atoms with E-state index in [-0.39, 0.29) is 11.8 Å². The van der Waals surface area contributed by atoms with Gasteiger partial charge in [0, 0.05) is 50.3 Å². The van der Waals surface area contributed by atoms with Crippen LogP contribution in [0.3, 0.4) is 0 Å². The molecule has 160 valence electrons. The first-order valence-corrected chi connectivity index (χ1v) is 10.7. The van der Waals surface area contributed by atoms with Crippen LogP contribution in [0.5, 0.6) is 0 Å². The van der Waals surface area contributed by atoms with E-state index < -0.39 is 0 Å². The monoisotopic (exact) mass is 409 g/mol. The summed E-state index contributed by atoms with van der Waals surface area (Å²) in [5.74, 6) is -0.311. The lowest BCUT2D eigenvalue weighted by Gasteiger charge is -2.22. The Bertz CT molecular complexity index is 858. The third kappa shape index (κ3) is 5.60. The first-order valence-electron chi connectivity index (χ1n) is 10.7. The molecule has 3 rings (SSSR count). The lowest BCUT2D eigenvalue weighted by Crippen LogP contribution is -2.29. The summed E-state index contributed by atoms with van der Waals surface area (Å²) >= 11 is 0. The van der Waals surface area contributed by atoms with Crippen LogP contribution in [-0.2, 0) is 11.2 Å². The number of nitrogens with zero attached hydrogens (tertiary/aromatic N) is 1. The van der Waals surface area contributed by atoms with Gasteiger partial charge in [0.25, 0.3) is 11.8 Å². The third-order valence-corrected chi connectivity index (χ3v) is 5.38. The number of benzene rings is 2. The van der Waals surface area contributed by atoms with Crippen molar-refractivity contribution in [2.24, 2.45) is 0 Å². The number of amides is 2. The van der Waals surface area contributed by atoms with E-state index in [0.717, 1.165) is 44.5 Å². The van der Waals surface area contributed by atoms with Gasteiger partial charge in [0.05, 0.1) is 5.56 Å². The van der Waals surface area contributed by atoms with Crippen molar-refractivity contribution in [1.29, 1.82) is 0 Å². The maximum Gasteiger partial charge on any atom is 0.255 e. The molecule has 2 aromatic carbocycles. The lowest BCUT2D eigenvalue weighted by molar-refractivity contribution is 0.0947. The number of aryl methyl sites for hydroxylation is 1. The number of ether oxygens (including phenoxy) is 1. The van der Waals surface area contributed by atoms with Gasteiger partial charge in [-0.1, -0.05) is 19.1 Å².